The van der Waals surface area contributed by atoms with E-state index in [2.05, 4.69) is 22.4 Å². The molecule has 2 aromatic rings. The fourth-order valence-corrected chi connectivity index (χ4v) is 3.73. The zero-order valence-electron chi connectivity index (χ0n) is 13.8. The molecule has 24 heavy (non-hydrogen) atoms. The van der Waals surface area contributed by atoms with Crippen LogP contribution in [-0.2, 0) is 22.0 Å². The summed E-state index contributed by atoms with van der Waals surface area (Å²) in [5, 5.41) is 12.2. The number of anilines is 1. The molecule has 0 bridgehead atoms. The Hall–Kier alpha value is -1.80. The molecule has 0 aliphatic rings. The number of unbranched alkanes of at least 4 members (excludes halogenated alkanes) is 2. The number of aryl methyl sites for hydroxylation is 1. The molecule has 0 saturated carbocycles. The number of carbonyl (C=O) groups is 1. The van der Waals surface area contributed by atoms with Crippen LogP contribution in [0.1, 0.15) is 47.1 Å². The van der Waals surface area contributed by atoms with Gasteiger partial charge in [0.1, 0.15) is 5.01 Å². The van der Waals surface area contributed by atoms with Crippen molar-refractivity contribution in [2.45, 2.75) is 38.4 Å². The van der Waals surface area contributed by atoms with Crippen LogP contribution in [0.2, 0.25) is 0 Å². The van der Waals surface area contributed by atoms with Crippen LogP contribution in [0, 0.1) is 0 Å². The Morgan fingerprint density at radius 3 is 2.50 bits per heavy atom. The van der Waals surface area contributed by atoms with Gasteiger partial charge in [-0.2, -0.15) is 0 Å². The van der Waals surface area contributed by atoms with E-state index >= 15 is 0 Å². The van der Waals surface area contributed by atoms with Crippen LogP contribution < -0.4 is 5.32 Å². The van der Waals surface area contributed by atoms with Crippen LogP contribution >= 0.6 is 11.3 Å². The Balaban J connectivity index is 1.94. The Morgan fingerprint density at radius 2 is 1.88 bits per heavy atom. The average molecular weight is 367 g/mol. The second-order valence-corrected chi connectivity index (χ2v) is 8.88. The summed E-state index contributed by atoms with van der Waals surface area (Å²) >= 11 is 1.38. The van der Waals surface area contributed by atoms with Crippen molar-refractivity contribution in [1.29, 1.82) is 0 Å². The van der Waals surface area contributed by atoms with Gasteiger partial charge in [-0.3, -0.25) is 10.1 Å². The van der Waals surface area contributed by atoms with Crippen LogP contribution in [0.5, 0.6) is 0 Å². The number of aromatic nitrogens is 2. The molecular weight excluding hydrogens is 346 g/mol. The van der Waals surface area contributed by atoms with E-state index in [4.69, 9.17) is 0 Å². The van der Waals surface area contributed by atoms with Crippen LogP contribution in [0.15, 0.2) is 24.3 Å². The van der Waals surface area contributed by atoms with E-state index in [0.717, 1.165) is 30.7 Å². The largest absolute Gasteiger partial charge is 0.296 e. The van der Waals surface area contributed by atoms with Crippen LogP contribution in [-0.4, -0.2) is 30.8 Å². The van der Waals surface area contributed by atoms with Gasteiger partial charge in [-0.15, -0.1) is 10.2 Å². The number of nitrogens with one attached hydrogen (secondary N) is 1. The van der Waals surface area contributed by atoms with E-state index in [1.807, 2.05) is 0 Å². The molecule has 0 atom stereocenters. The Labute approximate surface area is 146 Å². The molecule has 1 N–H and O–H groups in total. The summed E-state index contributed by atoms with van der Waals surface area (Å²) in [6.07, 6.45) is 5.43. The van der Waals surface area contributed by atoms with Gasteiger partial charge in [0.25, 0.3) is 5.91 Å². The molecule has 2 rings (SSSR count). The van der Waals surface area contributed by atoms with Gasteiger partial charge in [-0.05, 0) is 24.1 Å². The minimum atomic E-state index is -3.08. The van der Waals surface area contributed by atoms with Crippen molar-refractivity contribution in [3.8, 4) is 0 Å². The minimum Gasteiger partial charge on any atom is -0.296 e. The van der Waals surface area contributed by atoms with Gasteiger partial charge in [0, 0.05) is 18.2 Å². The van der Waals surface area contributed by atoms with Gasteiger partial charge in [-0.25, -0.2) is 8.42 Å². The molecule has 0 aliphatic carbocycles. The smallest absolute Gasteiger partial charge is 0.257 e. The van der Waals surface area contributed by atoms with Crippen molar-refractivity contribution < 1.29 is 13.2 Å². The van der Waals surface area contributed by atoms with Gasteiger partial charge in [-0.1, -0.05) is 43.2 Å². The summed E-state index contributed by atoms with van der Waals surface area (Å²) in [6, 6.07) is 6.51. The number of hydrogen-bond donors (Lipinski definition) is 1. The first-order valence-corrected chi connectivity index (χ1v) is 10.7. The SMILES string of the molecule is CCCCCc1nnc(NC(=O)c2ccc(CS(C)(=O)=O)cc2)s1. The van der Waals surface area contributed by atoms with E-state index < -0.39 is 9.84 Å². The highest BCUT2D eigenvalue weighted by atomic mass is 32.2. The average Bonchev–Trinajstić information content (AvgIpc) is 2.94. The normalized spacial score (nSPS) is 11.4. The van der Waals surface area contributed by atoms with E-state index in [1.165, 1.54) is 17.6 Å². The highest BCUT2D eigenvalue weighted by Gasteiger charge is 2.11. The van der Waals surface area contributed by atoms with Gasteiger partial charge < -0.3 is 0 Å². The molecule has 6 nitrogen and oxygen atoms in total. The van der Waals surface area contributed by atoms with Crippen molar-refractivity contribution in [3.63, 3.8) is 0 Å². The lowest BCUT2D eigenvalue weighted by molar-refractivity contribution is 0.102. The quantitative estimate of drug-likeness (QED) is 0.724. The molecule has 1 heterocycles. The van der Waals surface area contributed by atoms with Gasteiger partial charge in [0.15, 0.2) is 9.84 Å². The first kappa shape index (κ1) is 18.5. The van der Waals surface area contributed by atoms with E-state index in [0.29, 0.717) is 16.3 Å². The molecule has 1 aromatic carbocycles. The summed E-state index contributed by atoms with van der Waals surface area (Å²) in [6.45, 7) is 2.15. The molecule has 0 aliphatic heterocycles. The number of nitrogens with zero attached hydrogens (tertiary/aromatic N) is 2. The third-order valence-corrected chi connectivity index (χ3v) is 5.08. The third kappa shape index (κ3) is 6.01. The first-order valence-electron chi connectivity index (χ1n) is 7.78. The molecule has 1 aromatic heterocycles. The minimum absolute atomic E-state index is 0.0353. The predicted octanol–water partition coefficient (Wildman–Crippen LogP) is 3.07. The molecule has 0 saturated heterocycles. The zero-order valence-corrected chi connectivity index (χ0v) is 15.4. The molecule has 130 valence electrons. The summed E-state index contributed by atoms with van der Waals surface area (Å²) in [7, 11) is -3.08. The number of rotatable bonds is 8. The number of benzene rings is 1. The fourth-order valence-electron chi connectivity index (χ4n) is 2.16. The maximum absolute atomic E-state index is 12.2. The Bertz CT molecular complexity index is 783. The molecule has 8 heteroatoms. The highest BCUT2D eigenvalue weighted by Crippen LogP contribution is 2.18. The number of amides is 1. The second-order valence-electron chi connectivity index (χ2n) is 5.68. The summed E-state index contributed by atoms with van der Waals surface area (Å²) < 4.78 is 22.5. The van der Waals surface area contributed by atoms with Crippen LogP contribution in [0.25, 0.3) is 0 Å². The second kappa shape index (κ2) is 8.34. The van der Waals surface area contributed by atoms with Crippen LogP contribution in [0.4, 0.5) is 5.13 Å². The summed E-state index contributed by atoms with van der Waals surface area (Å²) in [4.78, 5) is 12.2. The van der Waals surface area contributed by atoms with Crippen molar-refractivity contribution in [2.75, 3.05) is 11.6 Å². The molecular formula is C16H21N3O3S2. The fraction of sp³-hybridized carbons (Fsp3) is 0.438. The predicted molar refractivity (Wildman–Crippen MR) is 96.1 cm³/mol. The van der Waals surface area contributed by atoms with E-state index in [1.54, 1.807) is 24.3 Å². The monoisotopic (exact) mass is 367 g/mol. The Morgan fingerprint density at radius 1 is 1.17 bits per heavy atom. The first-order chi connectivity index (χ1) is 11.4. The maximum atomic E-state index is 12.2. The Kier molecular flexibility index (Phi) is 6.44. The lowest BCUT2D eigenvalue weighted by Gasteiger charge is -2.03. The lowest BCUT2D eigenvalue weighted by Crippen LogP contribution is -2.11. The highest BCUT2D eigenvalue weighted by molar-refractivity contribution is 7.89. The van der Waals surface area contributed by atoms with Crippen LogP contribution in [0.3, 0.4) is 0 Å². The maximum Gasteiger partial charge on any atom is 0.257 e. The van der Waals surface area contributed by atoms with Crippen molar-refractivity contribution in [1.82, 2.24) is 10.2 Å². The van der Waals surface area contributed by atoms with Crippen molar-refractivity contribution in [3.05, 3.63) is 40.4 Å². The molecule has 0 radical (unpaired) electrons. The van der Waals surface area contributed by atoms with Crippen molar-refractivity contribution >= 4 is 32.2 Å². The van der Waals surface area contributed by atoms with Crippen molar-refractivity contribution in [2.24, 2.45) is 0 Å². The lowest BCUT2D eigenvalue weighted by atomic mass is 10.1. The van der Waals surface area contributed by atoms with Gasteiger partial charge in [0.2, 0.25) is 5.13 Å². The summed E-state index contributed by atoms with van der Waals surface area (Å²) in [5.74, 6) is -0.316. The molecule has 0 fully saturated rings. The standard InChI is InChI=1S/C16H21N3O3S2/c1-3-4-5-6-14-18-19-16(23-14)17-15(20)13-9-7-12(8-10-13)11-24(2,21)22/h7-10H,3-6,11H2,1-2H3,(H,17,19,20). The van der Waals surface area contributed by atoms with E-state index in [9.17, 15) is 13.2 Å². The topological polar surface area (TPSA) is 89.0 Å². The number of carbonyl (C=O) groups excluding carboxylic acids is 1. The molecule has 0 spiro atoms. The van der Waals surface area contributed by atoms with E-state index in [-0.39, 0.29) is 11.7 Å². The van der Waals surface area contributed by atoms with Gasteiger partial charge >= 0.3 is 0 Å². The zero-order chi connectivity index (χ0) is 17.6. The van der Waals surface area contributed by atoms with Gasteiger partial charge in [0.05, 0.1) is 5.75 Å². The summed E-state index contributed by atoms with van der Waals surface area (Å²) in [5.41, 5.74) is 1.11. The third-order valence-electron chi connectivity index (χ3n) is 3.33. The number of sulfone groups is 1. The molecule has 0 unspecified atom stereocenters. The molecule has 1 amide bonds. The number of hydrogen-bond acceptors (Lipinski definition) is 6.